The third kappa shape index (κ3) is 3.98. The lowest BCUT2D eigenvalue weighted by Crippen LogP contribution is -2.39. The summed E-state index contributed by atoms with van der Waals surface area (Å²) in [4.78, 5) is 17.2. The number of piperidine rings is 1. The molecule has 1 aromatic carbocycles. The van der Waals surface area contributed by atoms with E-state index in [1.165, 1.54) is 11.1 Å². The quantitative estimate of drug-likeness (QED) is 0.847. The Morgan fingerprint density at radius 3 is 2.69 bits per heavy atom. The summed E-state index contributed by atoms with van der Waals surface area (Å²) < 4.78 is 5.31. The molecule has 5 heteroatoms. The van der Waals surface area contributed by atoms with Gasteiger partial charge in [0.05, 0.1) is 12.2 Å². The third-order valence-corrected chi connectivity index (χ3v) is 5.71. The second-order valence-electron chi connectivity index (χ2n) is 7.69. The van der Waals surface area contributed by atoms with Crippen LogP contribution in [0.15, 0.2) is 34.9 Å². The van der Waals surface area contributed by atoms with Gasteiger partial charge in [0.25, 0.3) is 0 Å². The van der Waals surface area contributed by atoms with Crippen molar-refractivity contribution in [2.45, 2.75) is 45.7 Å². The lowest BCUT2D eigenvalue weighted by Gasteiger charge is -2.33. The maximum absolute atomic E-state index is 12.7. The smallest absolute Gasteiger partial charge is 0.223 e. The van der Waals surface area contributed by atoms with Crippen molar-refractivity contribution in [1.29, 1.82) is 0 Å². The number of carbonyl (C=O) groups excluding carboxylic acids is 1. The summed E-state index contributed by atoms with van der Waals surface area (Å²) >= 11 is 0. The van der Waals surface area contributed by atoms with Gasteiger partial charge in [-0.15, -0.1) is 0 Å². The largest absolute Gasteiger partial charge is 0.360 e. The number of benzene rings is 1. The van der Waals surface area contributed by atoms with Crippen molar-refractivity contribution in [3.8, 4) is 0 Å². The predicted octanol–water partition coefficient (Wildman–Crippen LogP) is 3.17. The van der Waals surface area contributed by atoms with E-state index in [1.54, 1.807) is 0 Å². The minimum atomic E-state index is 0.323. The summed E-state index contributed by atoms with van der Waals surface area (Å²) in [5.41, 5.74) is 3.64. The van der Waals surface area contributed by atoms with Gasteiger partial charge in [-0.3, -0.25) is 9.69 Å². The normalized spacial score (nSPS) is 18.7. The Balaban J connectivity index is 1.25. The first-order valence-corrected chi connectivity index (χ1v) is 9.66. The van der Waals surface area contributed by atoms with Crippen LogP contribution in [0, 0.1) is 12.8 Å². The highest BCUT2D eigenvalue weighted by molar-refractivity contribution is 5.76. The molecule has 26 heavy (non-hydrogen) atoms. The zero-order valence-electron chi connectivity index (χ0n) is 15.5. The van der Waals surface area contributed by atoms with Crippen LogP contribution >= 0.6 is 0 Å². The minimum Gasteiger partial charge on any atom is -0.360 e. The standard InChI is InChI=1S/C21H27N3O2/c1-16-12-20(26-22-16)15-23-9-6-17(7-10-23)13-21(25)24-11-8-18-4-2-3-5-19(18)14-24/h2-5,12,17H,6-11,13-15H2,1H3. The Bertz CT molecular complexity index is 762. The van der Waals surface area contributed by atoms with Crippen molar-refractivity contribution in [1.82, 2.24) is 15.0 Å². The molecule has 5 nitrogen and oxygen atoms in total. The second-order valence-corrected chi connectivity index (χ2v) is 7.69. The molecule has 0 unspecified atom stereocenters. The highest BCUT2D eigenvalue weighted by Gasteiger charge is 2.26. The van der Waals surface area contributed by atoms with Gasteiger partial charge in [-0.05, 0) is 56.3 Å². The number of aromatic nitrogens is 1. The fraction of sp³-hybridized carbons (Fsp3) is 0.524. The molecule has 1 saturated heterocycles. The third-order valence-electron chi connectivity index (χ3n) is 5.71. The molecule has 2 aliphatic rings. The van der Waals surface area contributed by atoms with E-state index in [-0.39, 0.29) is 0 Å². The summed E-state index contributed by atoms with van der Waals surface area (Å²) in [7, 11) is 0. The van der Waals surface area contributed by atoms with Crippen LogP contribution in [0.3, 0.4) is 0 Å². The molecule has 0 N–H and O–H groups in total. The number of carbonyl (C=O) groups is 1. The molecule has 2 aliphatic heterocycles. The molecule has 138 valence electrons. The summed E-state index contributed by atoms with van der Waals surface area (Å²) in [6.45, 7) is 6.47. The van der Waals surface area contributed by atoms with Gasteiger partial charge in [0.1, 0.15) is 0 Å². The van der Waals surface area contributed by atoms with Crippen molar-refractivity contribution in [2.24, 2.45) is 5.92 Å². The average Bonchev–Trinajstić information content (AvgIpc) is 3.07. The van der Waals surface area contributed by atoms with Gasteiger partial charge in [-0.25, -0.2) is 0 Å². The SMILES string of the molecule is Cc1cc(CN2CCC(CC(=O)N3CCc4ccccc4C3)CC2)on1. The van der Waals surface area contributed by atoms with E-state index in [0.29, 0.717) is 18.2 Å². The summed E-state index contributed by atoms with van der Waals surface area (Å²) in [5, 5.41) is 3.95. The molecule has 1 aromatic heterocycles. The molecule has 0 bridgehead atoms. The minimum absolute atomic E-state index is 0.323. The molecule has 0 aliphatic carbocycles. The van der Waals surface area contributed by atoms with Gasteiger partial charge in [-0.2, -0.15) is 0 Å². The van der Waals surface area contributed by atoms with Crippen molar-refractivity contribution < 1.29 is 9.32 Å². The maximum atomic E-state index is 12.7. The van der Waals surface area contributed by atoms with E-state index < -0.39 is 0 Å². The Morgan fingerprint density at radius 1 is 1.19 bits per heavy atom. The Hall–Kier alpha value is -2.14. The van der Waals surface area contributed by atoms with E-state index in [9.17, 15) is 4.79 Å². The first-order chi connectivity index (χ1) is 12.7. The Kier molecular flexibility index (Phi) is 5.07. The first kappa shape index (κ1) is 17.3. The van der Waals surface area contributed by atoms with Crippen LogP contribution in [0.5, 0.6) is 0 Å². The number of fused-ring (bicyclic) bond motifs is 1. The first-order valence-electron chi connectivity index (χ1n) is 9.66. The molecule has 0 spiro atoms. The van der Waals surface area contributed by atoms with Gasteiger partial charge in [0, 0.05) is 25.6 Å². The number of amides is 1. The van der Waals surface area contributed by atoms with Crippen LogP contribution in [-0.2, 0) is 24.3 Å². The van der Waals surface area contributed by atoms with Crippen LogP contribution in [-0.4, -0.2) is 40.5 Å². The number of hydrogen-bond acceptors (Lipinski definition) is 4. The lowest BCUT2D eigenvalue weighted by atomic mass is 9.92. The van der Waals surface area contributed by atoms with E-state index in [1.807, 2.05) is 17.9 Å². The highest BCUT2D eigenvalue weighted by Crippen LogP contribution is 2.25. The van der Waals surface area contributed by atoms with Crippen molar-refractivity contribution in [2.75, 3.05) is 19.6 Å². The zero-order chi connectivity index (χ0) is 17.9. The number of rotatable bonds is 4. The molecule has 2 aromatic rings. The van der Waals surface area contributed by atoms with Gasteiger partial charge < -0.3 is 9.42 Å². The zero-order valence-corrected chi connectivity index (χ0v) is 15.5. The Labute approximate surface area is 155 Å². The molecule has 1 amide bonds. The summed E-state index contributed by atoms with van der Waals surface area (Å²) in [6.07, 6.45) is 3.85. The van der Waals surface area contributed by atoms with E-state index in [4.69, 9.17) is 4.52 Å². The van der Waals surface area contributed by atoms with E-state index in [0.717, 1.165) is 63.4 Å². The van der Waals surface area contributed by atoms with E-state index in [2.05, 4.69) is 34.3 Å². The van der Waals surface area contributed by atoms with Crippen molar-refractivity contribution >= 4 is 5.91 Å². The van der Waals surface area contributed by atoms with Crippen molar-refractivity contribution in [3.05, 3.63) is 52.9 Å². The van der Waals surface area contributed by atoms with Crippen LogP contribution in [0.2, 0.25) is 0 Å². The molecular formula is C21H27N3O2. The molecule has 0 atom stereocenters. The van der Waals surface area contributed by atoms with Crippen LogP contribution < -0.4 is 0 Å². The van der Waals surface area contributed by atoms with E-state index >= 15 is 0 Å². The number of nitrogens with zero attached hydrogens (tertiary/aromatic N) is 3. The van der Waals surface area contributed by atoms with Crippen LogP contribution in [0.4, 0.5) is 0 Å². The number of hydrogen-bond donors (Lipinski definition) is 0. The molecule has 0 radical (unpaired) electrons. The van der Waals surface area contributed by atoms with Gasteiger partial charge >= 0.3 is 0 Å². The topological polar surface area (TPSA) is 49.6 Å². The second kappa shape index (κ2) is 7.62. The van der Waals surface area contributed by atoms with Gasteiger partial charge in [0.15, 0.2) is 5.76 Å². The fourth-order valence-corrected chi connectivity index (χ4v) is 4.14. The lowest BCUT2D eigenvalue weighted by molar-refractivity contribution is -0.133. The average molecular weight is 353 g/mol. The van der Waals surface area contributed by atoms with Crippen LogP contribution in [0.1, 0.15) is 41.8 Å². The fourth-order valence-electron chi connectivity index (χ4n) is 4.14. The maximum Gasteiger partial charge on any atom is 0.223 e. The van der Waals surface area contributed by atoms with Crippen LogP contribution in [0.25, 0.3) is 0 Å². The van der Waals surface area contributed by atoms with Gasteiger partial charge in [-0.1, -0.05) is 29.4 Å². The predicted molar refractivity (Wildman–Crippen MR) is 99.4 cm³/mol. The molecule has 3 heterocycles. The molecule has 4 rings (SSSR count). The van der Waals surface area contributed by atoms with Crippen molar-refractivity contribution in [3.63, 3.8) is 0 Å². The summed E-state index contributed by atoms with van der Waals surface area (Å²) in [5.74, 6) is 1.76. The monoisotopic (exact) mass is 353 g/mol. The van der Waals surface area contributed by atoms with Gasteiger partial charge in [0.2, 0.25) is 5.91 Å². The molecule has 0 saturated carbocycles. The molecule has 1 fully saturated rings. The highest BCUT2D eigenvalue weighted by atomic mass is 16.5. The Morgan fingerprint density at radius 2 is 1.96 bits per heavy atom. The number of aryl methyl sites for hydroxylation is 1. The summed E-state index contributed by atoms with van der Waals surface area (Å²) in [6, 6.07) is 10.5. The molecular weight excluding hydrogens is 326 g/mol. The number of likely N-dealkylation sites (tertiary alicyclic amines) is 1.